The predicted octanol–water partition coefficient (Wildman–Crippen LogP) is 3.97. The van der Waals surface area contributed by atoms with Gasteiger partial charge < -0.3 is 4.90 Å². The van der Waals surface area contributed by atoms with Crippen LogP contribution in [0.4, 0.5) is 5.69 Å². The number of nitrogens with zero attached hydrogens (tertiary/aromatic N) is 4. The molecule has 0 aliphatic rings. The van der Waals surface area contributed by atoms with Crippen LogP contribution in [-0.2, 0) is 17.8 Å². The molecule has 1 amide bonds. The minimum Gasteiger partial charge on any atom is -0.341 e. The van der Waals surface area contributed by atoms with Crippen LogP contribution in [0.15, 0.2) is 48.0 Å². The molecule has 0 saturated carbocycles. The average Bonchev–Trinajstić information content (AvgIpc) is 3.12. The standard InChI is InChI=1S/C18H15ClN4O3S/c1-22(10-12-8-14(23(25)26)5-6-15(12)19)17(24)9-13-11-27-18(21-13)16-4-2-3-7-20-16/h2-8,11H,9-10H2,1H3. The normalized spacial score (nSPS) is 10.6. The van der Waals surface area contributed by atoms with Crippen molar-refractivity contribution in [3.8, 4) is 10.7 Å². The van der Waals surface area contributed by atoms with Crippen molar-refractivity contribution >= 4 is 34.5 Å². The maximum atomic E-state index is 12.5. The first-order valence-electron chi connectivity index (χ1n) is 7.96. The molecule has 3 rings (SSSR count). The molecule has 0 saturated heterocycles. The highest BCUT2D eigenvalue weighted by atomic mass is 35.5. The zero-order chi connectivity index (χ0) is 19.4. The molecule has 0 radical (unpaired) electrons. The number of nitro groups is 1. The van der Waals surface area contributed by atoms with Gasteiger partial charge in [-0.25, -0.2) is 4.98 Å². The summed E-state index contributed by atoms with van der Waals surface area (Å²) in [6.07, 6.45) is 1.82. The fourth-order valence-electron chi connectivity index (χ4n) is 2.42. The van der Waals surface area contributed by atoms with Gasteiger partial charge in [-0.3, -0.25) is 19.9 Å². The second-order valence-corrected chi connectivity index (χ2v) is 7.08. The zero-order valence-corrected chi connectivity index (χ0v) is 15.9. The van der Waals surface area contributed by atoms with Crippen LogP contribution in [-0.4, -0.2) is 32.7 Å². The molecule has 2 aromatic heterocycles. The SMILES string of the molecule is CN(Cc1cc([N+](=O)[O-])ccc1Cl)C(=O)Cc1csc(-c2ccccn2)n1. The van der Waals surface area contributed by atoms with Crippen LogP contribution in [0, 0.1) is 10.1 Å². The first-order chi connectivity index (χ1) is 12.9. The van der Waals surface area contributed by atoms with Gasteiger partial charge in [0.05, 0.1) is 22.7 Å². The number of hydrogen-bond acceptors (Lipinski definition) is 6. The molecule has 1 aromatic carbocycles. The smallest absolute Gasteiger partial charge is 0.269 e. The van der Waals surface area contributed by atoms with Gasteiger partial charge >= 0.3 is 0 Å². The second kappa shape index (κ2) is 8.24. The summed E-state index contributed by atoms with van der Waals surface area (Å²) in [7, 11) is 1.63. The fourth-order valence-corrected chi connectivity index (χ4v) is 3.40. The molecule has 138 valence electrons. The number of benzene rings is 1. The first kappa shape index (κ1) is 18.9. The van der Waals surface area contributed by atoms with Gasteiger partial charge in [0.25, 0.3) is 5.69 Å². The van der Waals surface area contributed by atoms with Crippen molar-refractivity contribution in [2.24, 2.45) is 0 Å². The van der Waals surface area contributed by atoms with E-state index in [2.05, 4.69) is 9.97 Å². The van der Waals surface area contributed by atoms with Crippen molar-refractivity contribution in [3.05, 3.63) is 74.4 Å². The number of amides is 1. The van der Waals surface area contributed by atoms with Crippen LogP contribution in [0.5, 0.6) is 0 Å². The Balaban J connectivity index is 1.67. The van der Waals surface area contributed by atoms with Gasteiger partial charge in [-0.2, -0.15) is 0 Å². The average molecular weight is 403 g/mol. The highest BCUT2D eigenvalue weighted by molar-refractivity contribution is 7.13. The van der Waals surface area contributed by atoms with Crippen LogP contribution >= 0.6 is 22.9 Å². The molecule has 9 heteroatoms. The lowest BCUT2D eigenvalue weighted by Gasteiger charge is -2.17. The van der Waals surface area contributed by atoms with Crippen molar-refractivity contribution in [1.29, 1.82) is 0 Å². The number of aromatic nitrogens is 2. The number of halogens is 1. The van der Waals surface area contributed by atoms with Crippen LogP contribution in [0.25, 0.3) is 10.7 Å². The number of rotatable bonds is 6. The van der Waals surface area contributed by atoms with E-state index in [-0.39, 0.29) is 24.6 Å². The second-order valence-electron chi connectivity index (χ2n) is 5.82. The number of thiazole rings is 1. The van der Waals surface area contributed by atoms with Gasteiger partial charge in [-0.15, -0.1) is 11.3 Å². The molecule has 2 heterocycles. The van der Waals surface area contributed by atoms with E-state index in [9.17, 15) is 14.9 Å². The Bertz CT molecular complexity index is 978. The molecule has 27 heavy (non-hydrogen) atoms. The van der Waals surface area contributed by atoms with E-state index in [1.54, 1.807) is 13.2 Å². The number of non-ortho nitro benzene ring substituents is 1. The highest BCUT2D eigenvalue weighted by Crippen LogP contribution is 2.24. The van der Waals surface area contributed by atoms with Crippen molar-refractivity contribution < 1.29 is 9.72 Å². The molecule has 3 aromatic rings. The van der Waals surface area contributed by atoms with Crippen molar-refractivity contribution in [1.82, 2.24) is 14.9 Å². The lowest BCUT2D eigenvalue weighted by atomic mass is 10.2. The van der Waals surface area contributed by atoms with E-state index < -0.39 is 4.92 Å². The summed E-state index contributed by atoms with van der Waals surface area (Å²) >= 11 is 7.53. The molecule has 0 aliphatic heterocycles. The van der Waals surface area contributed by atoms with E-state index in [4.69, 9.17) is 11.6 Å². The van der Waals surface area contributed by atoms with Crippen molar-refractivity contribution in [2.45, 2.75) is 13.0 Å². The van der Waals surface area contributed by atoms with Gasteiger partial charge in [0.1, 0.15) is 5.01 Å². The Morgan fingerprint density at radius 1 is 1.33 bits per heavy atom. The third-order valence-corrected chi connectivity index (χ3v) is 5.12. The summed E-state index contributed by atoms with van der Waals surface area (Å²) < 4.78 is 0. The molecule has 7 nitrogen and oxygen atoms in total. The molecule has 0 fully saturated rings. The van der Waals surface area contributed by atoms with Gasteiger partial charge in [-0.05, 0) is 23.8 Å². The van der Waals surface area contributed by atoms with E-state index in [1.807, 2.05) is 23.6 Å². The Morgan fingerprint density at radius 2 is 2.15 bits per heavy atom. The Kier molecular flexibility index (Phi) is 5.78. The molecule has 0 aliphatic carbocycles. The van der Waals surface area contributed by atoms with Gasteiger partial charge in [-0.1, -0.05) is 17.7 Å². The van der Waals surface area contributed by atoms with E-state index in [1.165, 1.54) is 34.4 Å². The predicted molar refractivity (Wildman–Crippen MR) is 104 cm³/mol. The summed E-state index contributed by atoms with van der Waals surface area (Å²) in [4.78, 5) is 33.1. The number of nitro benzene ring substituents is 1. The third-order valence-electron chi connectivity index (χ3n) is 3.84. The lowest BCUT2D eigenvalue weighted by molar-refractivity contribution is -0.384. The maximum absolute atomic E-state index is 12.5. The molecule has 0 atom stereocenters. The molecular formula is C18H15ClN4O3S. The van der Waals surface area contributed by atoms with E-state index in [0.717, 1.165) is 10.7 Å². The summed E-state index contributed by atoms with van der Waals surface area (Å²) in [6.45, 7) is 0.177. The minimum atomic E-state index is -0.490. The first-order valence-corrected chi connectivity index (χ1v) is 9.22. The van der Waals surface area contributed by atoms with Gasteiger partial charge in [0.2, 0.25) is 5.91 Å². The Hall–Kier alpha value is -2.84. The van der Waals surface area contributed by atoms with Crippen LogP contribution in [0.2, 0.25) is 5.02 Å². The molecule has 0 bridgehead atoms. The van der Waals surface area contributed by atoms with Crippen LogP contribution in [0.3, 0.4) is 0 Å². The number of pyridine rings is 1. The van der Waals surface area contributed by atoms with Gasteiger partial charge in [0.15, 0.2) is 0 Å². The van der Waals surface area contributed by atoms with E-state index >= 15 is 0 Å². The zero-order valence-electron chi connectivity index (χ0n) is 14.3. The number of carbonyl (C=O) groups excluding carboxylic acids is 1. The fraction of sp³-hybridized carbons (Fsp3) is 0.167. The highest BCUT2D eigenvalue weighted by Gasteiger charge is 2.16. The number of hydrogen-bond donors (Lipinski definition) is 0. The summed E-state index contributed by atoms with van der Waals surface area (Å²) in [5.74, 6) is -0.157. The molecule has 0 N–H and O–H groups in total. The minimum absolute atomic E-state index is 0.0604. The molecule has 0 unspecified atom stereocenters. The summed E-state index contributed by atoms with van der Waals surface area (Å²) in [6, 6.07) is 9.75. The maximum Gasteiger partial charge on any atom is 0.269 e. The number of carbonyl (C=O) groups is 1. The largest absolute Gasteiger partial charge is 0.341 e. The van der Waals surface area contributed by atoms with Crippen molar-refractivity contribution in [3.63, 3.8) is 0 Å². The van der Waals surface area contributed by atoms with Crippen LogP contribution in [0.1, 0.15) is 11.3 Å². The summed E-state index contributed by atoms with van der Waals surface area (Å²) in [5, 5.41) is 13.9. The lowest BCUT2D eigenvalue weighted by Crippen LogP contribution is -2.28. The number of likely N-dealkylation sites (N-methyl/N-ethyl adjacent to an activating group) is 1. The monoisotopic (exact) mass is 402 g/mol. The Morgan fingerprint density at radius 3 is 2.85 bits per heavy atom. The van der Waals surface area contributed by atoms with E-state index in [0.29, 0.717) is 16.3 Å². The topological polar surface area (TPSA) is 89.2 Å². The molecular weight excluding hydrogens is 388 g/mol. The third kappa shape index (κ3) is 4.66. The van der Waals surface area contributed by atoms with Crippen LogP contribution < -0.4 is 0 Å². The molecule has 0 spiro atoms. The van der Waals surface area contributed by atoms with Crippen molar-refractivity contribution in [2.75, 3.05) is 7.05 Å². The van der Waals surface area contributed by atoms with Gasteiger partial charge in [0, 0.05) is 42.3 Å². The summed E-state index contributed by atoms with van der Waals surface area (Å²) in [5.41, 5.74) is 1.88. The quantitative estimate of drug-likeness (QED) is 0.459. The Labute approximate surface area is 164 Å².